The molecule has 1 fully saturated rings. The van der Waals surface area contributed by atoms with Crippen LogP contribution in [-0.4, -0.2) is 36.7 Å². The molecule has 180 valence electrons. The highest BCUT2D eigenvalue weighted by Gasteiger charge is 2.24. The summed E-state index contributed by atoms with van der Waals surface area (Å²) < 4.78 is 29.7. The van der Waals surface area contributed by atoms with E-state index in [0.717, 1.165) is 29.4 Å². The van der Waals surface area contributed by atoms with Gasteiger partial charge in [0, 0.05) is 24.5 Å². The van der Waals surface area contributed by atoms with Gasteiger partial charge in [0.15, 0.2) is 5.16 Å². The second-order valence-corrected chi connectivity index (χ2v) is 11.5. The van der Waals surface area contributed by atoms with Crippen molar-refractivity contribution in [2.75, 3.05) is 22.4 Å². The van der Waals surface area contributed by atoms with Gasteiger partial charge < -0.3 is 9.88 Å². The molecule has 0 bridgehead atoms. The highest BCUT2D eigenvalue weighted by molar-refractivity contribution is 7.99. The number of benzene rings is 2. The molecule has 1 aliphatic carbocycles. The van der Waals surface area contributed by atoms with Crippen LogP contribution in [0.4, 0.5) is 11.4 Å². The largest absolute Gasteiger partial charge is 0.325 e. The van der Waals surface area contributed by atoms with Crippen LogP contribution in [0, 0.1) is 13.8 Å². The monoisotopic (exact) mass is 498 g/mol. The standard InChI is InChI=1S/C25H30N4O3S2/c1-18-19(2)29(22-13-7-8-14-22)25(26-18)33-17-24(30)27-20-10-9-15-23(16-20)34(31,32)28(3)21-11-5-4-6-12-21/h4-6,9-12,15-16,22H,7-8,13-14,17H2,1-3H3,(H,27,30). The third-order valence-corrected chi connectivity index (χ3v) is 9.01. The van der Waals surface area contributed by atoms with Gasteiger partial charge in [0.2, 0.25) is 5.91 Å². The summed E-state index contributed by atoms with van der Waals surface area (Å²) in [6, 6.07) is 15.7. The molecule has 1 aromatic heterocycles. The SMILES string of the molecule is Cc1nc(SCC(=O)Nc2cccc(S(=O)(=O)N(C)c3ccccc3)c2)n(C2CCCC2)c1C. The maximum Gasteiger partial charge on any atom is 0.264 e. The molecule has 0 aliphatic heterocycles. The Balaban J connectivity index is 1.44. The lowest BCUT2D eigenvalue weighted by Gasteiger charge is -2.20. The first-order valence-corrected chi connectivity index (χ1v) is 13.8. The van der Waals surface area contributed by atoms with Crippen molar-refractivity contribution in [3.63, 3.8) is 0 Å². The Bertz CT molecular complexity index is 1270. The van der Waals surface area contributed by atoms with Crippen molar-refractivity contribution >= 4 is 39.1 Å². The molecule has 2 aromatic carbocycles. The summed E-state index contributed by atoms with van der Waals surface area (Å²) in [6.07, 6.45) is 4.75. The van der Waals surface area contributed by atoms with Crippen LogP contribution in [0.25, 0.3) is 0 Å². The molecular formula is C25H30N4O3S2. The molecule has 0 radical (unpaired) electrons. The maximum atomic E-state index is 13.1. The fraction of sp³-hybridized carbons (Fsp3) is 0.360. The van der Waals surface area contributed by atoms with Gasteiger partial charge in [-0.05, 0) is 57.0 Å². The van der Waals surface area contributed by atoms with Crippen LogP contribution in [0.3, 0.4) is 0 Å². The molecule has 1 heterocycles. The maximum absolute atomic E-state index is 13.1. The van der Waals surface area contributed by atoms with Crippen molar-refractivity contribution in [1.82, 2.24) is 9.55 Å². The molecule has 4 rings (SSSR count). The van der Waals surface area contributed by atoms with Crippen LogP contribution < -0.4 is 9.62 Å². The van der Waals surface area contributed by atoms with Crippen molar-refractivity contribution in [3.8, 4) is 0 Å². The van der Waals surface area contributed by atoms with Crippen molar-refractivity contribution in [2.45, 2.75) is 55.6 Å². The van der Waals surface area contributed by atoms with E-state index in [9.17, 15) is 13.2 Å². The molecule has 0 saturated heterocycles. The van der Waals surface area contributed by atoms with E-state index >= 15 is 0 Å². The zero-order valence-electron chi connectivity index (χ0n) is 19.7. The Morgan fingerprint density at radius 1 is 1.12 bits per heavy atom. The number of sulfonamides is 1. The molecule has 3 aromatic rings. The third-order valence-electron chi connectivity index (χ3n) is 6.27. The second kappa shape index (κ2) is 10.2. The molecule has 1 saturated carbocycles. The summed E-state index contributed by atoms with van der Waals surface area (Å²) in [5, 5.41) is 3.71. The number of hydrogen-bond donors (Lipinski definition) is 1. The summed E-state index contributed by atoms with van der Waals surface area (Å²) in [7, 11) is -2.24. The van der Waals surface area contributed by atoms with Crippen LogP contribution in [0.1, 0.15) is 43.1 Å². The zero-order chi connectivity index (χ0) is 24.3. The van der Waals surface area contributed by atoms with Crippen LogP contribution in [0.15, 0.2) is 64.6 Å². The lowest BCUT2D eigenvalue weighted by atomic mass is 10.2. The van der Waals surface area contributed by atoms with Crippen LogP contribution >= 0.6 is 11.8 Å². The molecule has 0 atom stereocenters. The number of thioether (sulfide) groups is 1. The lowest BCUT2D eigenvalue weighted by Crippen LogP contribution is -2.26. The molecule has 34 heavy (non-hydrogen) atoms. The van der Waals surface area contributed by atoms with E-state index in [4.69, 9.17) is 0 Å². The zero-order valence-corrected chi connectivity index (χ0v) is 21.3. The Kier molecular flexibility index (Phi) is 7.33. The average molecular weight is 499 g/mol. The van der Waals surface area contributed by atoms with Gasteiger partial charge in [-0.25, -0.2) is 13.4 Å². The quantitative estimate of drug-likeness (QED) is 0.433. The number of nitrogens with one attached hydrogen (secondary N) is 1. The third kappa shape index (κ3) is 5.15. The van der Waals surface area contributed by atoms with E-state index in [2.05, 4.69) is 21.8 Å². The van der Waals surface area contributed by atoms with Gasteiger partial charge in [-0.1, -0.05) is 48.9 Å². The van der Waals surface area contributed by atoms with Crippen molar-refractivity contribution in [3.05, 3.63) is 66.0 Å². The minimum absolute atomic E-state index is 0.118. The number of carbonyl (C=O) groups excluding carboxylic acids is 1. The highest BCUT2D eigenvalue weighted by atomic mass is 32.2. The molecule has 9 heteroatoms. The van der Waals surface area contributed by atoms with Gasteiger partial charge >= 0.3 is 0 Å². The Hall–Kier alpha value is -2.78. The average Bonchev–Trinajstić information content (AvgIpc) is 3.46. The summed E-state index contributed by atoms with van der Waals surface area (Å²) in [6.45, 7) is 4.09. The van der Waals surface area contributed by atoms with Gasteiger partial charge in [0.1, 0.15) is 0 Å². The van der Waals surface area contributed by atoms with E-state index in [1.54, 1.807) is 36.4 Å². The number of aromatic nitrogens is 2. The van der Waals surface area contributed by atoms with Gasteiger partial charge in [0.25, 0.3) is 10.0 Å². The fourth-order valence-corrected chi connectivity index (χ4v) is 6.49. The number of carbonyl (C=O) groups is 1. The predicted molar refractivity (Wildman–Crippen MR) is 137 cm³/mol. The highest BCUT2D eigenvalue weighted by Crippen LogP contribution is 2.35. The molecular weight excluding hydrogens is 468 g/mol. The van der Waals surface area contributed by atoms with E-state index in [1.165, 1.54) is 48.1 Å². The van der Waals surface area contributed by atoms with Gasteiger partial charge in [-0.15, -0.1) is 0 Å². The summed E-state index contributed by atoms with van der Waals surface area (Å²) in [5.41, 5.74) is 3.17. The molecule has 1 aliphatic rings. The molecule has 1 amide bonds. The van der Waals surface area contributed by atoms with Crippen molar-refractivity contribution < 1.29 is 13.2 Å². The van der Waals surface area contributed by atoms with Crippen LogP contribution in [0.5, 0.6) is 0 Å². The fourth-order valence-electron chi connectivity index (χ4n) is 4.29. The number of amides is 1. The molecule has 7 nitrogen and oxygen atoms in total. The normalized spacial score (nSPS) is 14.3. The minimum atomic E-state index is -3.76. The first-order valence-electron chi connectivity index (χ1n) is 11.4. The minimum Gasteiger partial charge on any atom is -0.325 e. The lowest BCUT2D eigenvalue weighted by molar-refractivity contribution is -0.113. The topological polar surface area (TPSA) is 84.3 Å². The summed E-state index contributed by atoms with van der Waals surface area (Å²) in [5.74, 6) is -0.00370. The first-order chi connectivity index (χ1) is 16.3. The summed E-state index contributed by atoms with van der Waals surface area (Å²) in [4.78, 5) is 17.5. The number of anilines is 2. The number of hydrogen-bond acceptors (Lipinski definition) is 5. The van der Waals surface area contributed by atoms with Crippen molar-refractivity contribution in [1.29, 1.82) is 0 Å². The van der Waals surface area contributed by atoms with Gasteiger partial charge in [-0.3, -0.25) is 9.10 Å². The Morgan fingerprint density at radius 2 is 1.82 bits per heavy atom. The number of nitrogens with zero attached hydrogens (tertiary/aromatic N) is 3. The number of aryl methyl sites for hydroxylation is 1. The summed E-state index contributed by atoms with van der Waals surface area (Å²) >= 11 is 1.42. The first kappa shape index (κ1) is 24.3. The van der Waals surface area contributed by atoms with Crippen molar-refractivity contribution in [2.24, 2.45) is 0 Å². The Morgan fingerprint density at radius 3 is 2.53 bits per heavy atom. The molecule has 1 N–H and O–H groups in total. The van der Waals surface area contributed by atoms with Crippen LogP contribution in [0.2, 0.25) is 0 Å². The number of imidazole rings is 1. The van der Waals surface area contributed by atoms with E-state index < -0.39 is 10.0 Å². The van der Waals surface area contributed by atoms with E-state index in [1.807, 2.05) is 13.0 Å². The number of rotatable bonds is 8. The van der Waals surface area contributed by atoms with E-state index in [-0.39, 0.29) is 16.6 Å². The predicted octanol–water partition coefficient (Wildman–Crippen LogP) is 5.17. The van der Waals surface area contributed by atoms with Gasteiger partial charge in [0.05, 0.1) is 22.0 Å². The second-order valence-electron chi connectivity index (χ2n) is 8.55. The smallest absolute Gasteiger partial charge is 0.264 e. The van der Waals surface area contributed by atoms with Gasteiger partial charge in [-0.2, -0.15) is 0 Å². The Labute approximate surface area is 205 Å². The molecule has 0 unspecified atom stereocenters. The molecule has 0 spiro atoms. The van der Waals surface area contributed by atoms with E-state index in [0.29, 0.717) is 17.4 Å². The number of para-hydroxylation sites is 1. The van der Waals surface area contributed by atoms with Crippen LogP contribution in [-0.2, 0) is 14.8 Å².